The normalized spacial score (nSPS) is 11.3. The summed E-state index contributed by atoms with van der Waals surface area (Å²) in [6.07, 6.45) is 4.94. The number of thiazole rings is 1. The maximum Gasteiger partial charge on any atom is 0.250 e. The fourth-order valence-electron chi connectivity index (χ4n) is 3.32. The zero-order chi connectivity index (χ0) is 22.8. The summed E-state index contributed by atoms with van der Waals surface area (Å²) >= 11 is 7.37. The van der Waals surface area contributed by atoms with Crippen molar-refractivity contribution in [2.24, 2.45) is 0 Å². The molecule has 2 heterocycles. The van der Waals surface area contributed by atoms with Gasteiger partial charge >= 0.3 is 0 Å². The van der Waals surface area contributed by atoms with E-state index in [1.54, 1.807) is 29.0 Å². The Morgan fingerprint density at radius 1 is 1.06 bits per heavy atom. The predicted octanol–water partition coefficient (Wildman–Crippen LogP) is 6.59. The van der Waals surface area contributed by atoms with Crippen LogP contribution in [0.3, 0.4) is 0 Å². The third kappa shape index (κ3) is 4.69. The highest BCUT2D eigenvalue weighted by Crippen LogP contribution is 2.29. The fraction of sp³-hybridized carbons (Fsp3) is 0. The van der Waals surface area contributed by atoms with Crippen LogP contribution in [-0.4, -0.2) is 20.7 Å². The summed E-state index contributed by atoms with van der Waals surface area (Å²) in [7, 11) is 0. The van der Waals surface area contributed by atoms with Crippen LogP contribution in [0.5, 0.6) is 0 Å². The molecule has 0 unspecified atom stereocenters. The topological polar surface area (TPSA) is 59.8 Å². The van der Waals surface area contributed by atoms with Gasteiger partial charge in [0.2, 0.25) is 5.91 Å². The number of fused-ring (bicyclic) bond motifs is 1. The van der Waals surface area contributed by atoms with E-state index in [9.17, 15) is 9.18 Å². The molecule has 3 aromatic carbocycles. The van der Waals surface area contributed by atoms with Gasteiger partial charge in [-0.1, -0.05) is 41.1 Å². The first-order valence-corrected chi connectivity index (χ1v) is 11.2. The molecular weight excluding hydrogens is 459 g/mol. The molecule has 33 heavy (non-hydrogen) atoms. The van der Waals surface area contributed by atoms with Crippen LogP contribution in [0.25, 0.3) is 33.2 Å². The predicted molar refractivity (Wildman–Crippen MR) is 131 cm³/mol. The lowest BCUT2D eigenvalue weighted by Gasteiger charge is -2.00. The van der Waals surface area contributed by atoms with Gasteiger partial charge in [-0.25, -0.2) is 14.1 Å². The molecule has 0 aliphatic rings. The average molecular weight is 475 g/mol. The molecule has 0 aliphatic heterocycles. The van der Waals surface area contributed by atoms with Gasteiger partial charge in [0.05, 0.1) is 21.6 Å². The Hall–Kier alpha value is -3.81. The number of halogens is 2. The molecule has 1 amide bonds. The van der Waals surface area contributed by atoms with E-state index in [0.29, 0.717) is 15.8 Å². The van der Waals surface area contributed by atoms with Crippen LogP contribution in [0.1, 0.15) is 5.56 Å². The van der Waals surface area contributed by atoms with E-state index < -0.39 is 0 Å². The zero-order valence-corrected chi connectivity index (χ0v) is 18.6. The Kier molecular flexibility index (Phi) is 5.73. The number of nitrogens with zero attached hydrogens (tertiary/aromatic N) is 3. The maximum atomic E-state index is 13.4. The Morgan fingerprint density at radius 2 is 1.85 bits per heavy atom. The quantitative estimate of drug-likeness (QED) is 0.292. The second-order valence-corrected chi connectivity index (χ2v) is 8.64. The molecule has 2 aromatic heterocycles. The lowest BCUT2D eigenvalue weighted by Crippen LogP contribution is -2.07. The Labute approximate surface area is 197 Å². The van der Waals surface area contributed by atoms with Crippen molar-refractivity contribution in [3.8, 4) is 16.9 Å². The van der Waals surface area contributed by atoms with E-state index in [-0.39, 0.29) is 11.7 Å². The summed E-state index contributed by atoms with van der Waals surface area (Å²) in [6.45, 7) is 0. The molecular formula is C25H16ClFN4OS. The first kappa shape index (κ1) is 21.1. The van der Waals surface area contributed by atoms with Crippen molar-refractivity contribution in [1.29, 1.82) is 0 Å². The fourth-order valence-corrected chi connectivity index (χ4v) is 4.46. The average Bonchev–Trinajstić information content (AvgIpc) is 3.42. The number of hydrogen-bond acceptors (Lipinski definition) is 4. The van der Waals surface area contributed by atoms with Gasteiger partial charge in [0.25, 0.3) is 0 Å². The molecule has 1 N–H and O–H groups in total. The van der Waals surface area contributed by atoms with Crippen molar-refractivity contribution in [2.45, 2.75) is 0 Å². The van der Waals surface area contributed by atoms with Crippen LogP contribution in [0.15, 0.2) is 85.1 Å². The van der Waals surface area contributed by atoms with Gasteiger partial charge in [0, 0.05) is 28.4 Å². The molecule has 0 bridgehead atoms. The van der Waals surface area contributed by atoms with Crippen molar-refractivity contribution < 1.29 is 9.18 Å². The highest BCUT2D eigenvalue weighted by molar-refractivity contribution is 7.22. The standard InChI is InChI=1S/C25H16ClFN4OS/c26-18-9-12-21-22(14-18)33-25(28-21)29-23(32)13-8-17-15-31(20-4-2-1-3-5-20)30-24(17)16-6-10-19(27)11-7-16/h1-15H,(H,28,29,32)/b13-8+. The molecule has 5 nitrogen and oxygen atoms in total. The summed E-state index contributed by atoms with van der Waals surface area (Å²) in [5, 5.41) is 8.56. The first-order chi connectivity index (χ1) is 16.0. The van der Waals surface area contributed by atoms with Crippen molar-refractivity contribution in [2.75, 3.05) is 5.32 Å². The number of nitrogens with one attached hydrogen (secondary N) is 1. The highest BCUT2D eigenvalue weighted by Gasteiger charge is 2.12. The van der Waals surface area contributed by atoms with E-state index in [1.165, 1.54) is 29.5 Å². The second-order valence-electron chi connectivity index (χ2n) is 7.17. The third-order valence-corrected chi connectivity index (χ3v) is 6.04. The Bertz CT molecular complexity index is 1480. The number of aromatic nitrogens is 3. The number of carbonyl (C=O) groups is 1. The molecule has 162 valence electrons. The van der Waals surface area contributed by atoms with E-state index >= 15 is 0 Å². The van der Waals surface area contributed by atoms with E-state index in [1.807, 2.05) is 48.7 Å². The number of amides is 1. The molecule has 0 saturated heterocycles. The van der Waals surface area contributed by atoms with E-state index in [4.69, 9.17) is 11.6 Å². The number of hydrogen-bond donors (Lipinski definition) is 1. The number of rotatable bonds is 5. The molecule has 0 atom stereocenters. The summed E-state index contributed by atoms with van der Waals surface area (Å²) < 4.78 is 16.1. The lowest BCUT2D eigenvalue weighted by molar-refractivity contribution is -0.111. The largest absolute Gasteiger partial charge is 0.298 e. The summed E-state index contributed by atoms with van der Waals surface area (Å²) in [6, 6.07) is 21.1. The molecule has 0 aliphatic carbocycles. The molecule has 5 rings (SSSR count). The molecule has 0 spiro atoms. The molecule has 0 radical (unpaired) electrons. The number of carbonyl (C=O) groups excluding carboxylic acids is 1. The first-order valence-electron chi connectivity index (χ1n) is 10.0. The van der Waals surface area contributed by atoms with Crippen LogP contribution < -0.4 is 5.32 Å². The summed E-state index contributed by atoms with van der Waals surface area (Å²) in [4.78, 5) is 17.0. The zero-order valence-electron chi connectivity index (χ0n) is 17.1. The minimum Gasteiger partial charge on any atom is -0.298 e. The van der Waals surface area contributed by atoms with Gasteiger partial charge in [-0.05, 0) is 60.7 Å². The van der Waals surface area contributed by atoms with Crippen molar-refractivity contribution in [3.63, 3.8) is 0 Å². The van der Waals surface area contributed by atoms with Crippen LogP contribution >= 0.6 is 22.9 Å². The SMILES string of the molecule is O=C(/C=C/c1cn(-c2ccccc2)nc1-c1ccc(F)cc1)Nc1nc2ccc(Cl)cc2s1. The number of anilines is 1. The van der Waals surface area contributed by atoms with Gasteiger partial charge in [0.1, 0.15) is 5.82 Å². The Morgan fingerprint density at radius 3 is 2.64 bits per heavy atom. The highest BCUT2D eigenvalue weighted by atomic mass is 35.5. The number of benzene rings is 3. The monoisotopic (exact) mass is 474 g/mol. The van der Waals surface area contributed by atoms with E-state index in [0.717, 1.165) is 27.0 Å². The molecule has 0 saturated carbocycles. The van der Waals surface area contributed by atoms with Crippen LogP contribution in [0, 0.1) is 5.82 Å². The van der Waals surface area contributed by atoms with Gasteiger partial charge in [-0.3, -0.25) is 10.1 Å². The van der Waals surface area contributed by atoms with Crippen LogP contribution in [0.4, 0.5) is 9.52 Å². The molecule has 0 fully saturated rings. The van der Waals surface area contributed by atoms with Gasteiger partial charge in [-0.2, -0.15) is 5.10 Å². The minimum atomic E-state index is -0.324. The Balaban J connectivity index is 1.43. The van der Waals surface area contributed by atoms with Crippen molar-refractivity contribution >= 4 is 50.3 Å². The third-order valence-electron chi connectivity index (χ3n) is 4.88. The van der Waals surface area contributed by atoms with Gasteiger partial charge < -0.3 is 0 Å². The van der Waals surface area contributed by atoms with Crippen molar-refractivity contribution in [1.82, 2.24) is 14.8 Å². The minimum absolute atomic E-state index is 0.322. The van der Waals surface area contributed by atoms with Crippen LogP contribution in [-0.2, 0) is 4.79 Å². The van der Waals surface area contributed by atoms with Gasteiger partial charge in [0.15, 0.2) is 5.13 Å². The maximum absolute atomic E-state index is 13.4. The second kappa shape index (κ2) is 8.97. The van der Waals surface area contributed by atoms with Gasteiger partial charge in [-0.15, -0.1) is 0 Å². The van der Waals surface area contributed by atoms with Crippen LogP contribution in [0.2, 0.25) is 5.02 Å². The van der Waals surface area contributed by atoms with Crippen molar-refractivity contribution in [3.05, 3.63) is 101 Å². The van der Waals surface area contributed by atoms with E-state index in [2.05, 4.69) is 15.4 Å². The number of para-hydroxylation sites is 1. The smallest absolute Gasteiger partial charge is 0.250 e. The summed E-state index contributed by atoms with van der Waals surface area (Å²) in [5.41, 5.74) is 3.74. The lowest BCUT2D eigenvalue weighted by atomic mass is 10.1. The molecule has 5 aromatic rings. The molecule has 8 heteroatoms. The summed E-state index contributed by atoms with van der Waals surface area (Å²) in [5.74, 6) is -0.646.